The van der Waals surface area contributed by atoms with E-state index in [0.717, 1.165) is 14.8 Å². The van der Waals surface area contributed by atoms with E-state index in [1.807, 2.05) is 0 Å². The number of sulfonamides is 1. The third-order valence-corrected chi connectivity index (χ3v) is 6.95. The monoisotopic (exact) mass is 465 g/mol. The normalized spacial score (nSPS) is 15.8. The number of benzene rings is 1. The molecule has 2 amide bonds. The van der Waals surface area contributed by atoms with Gasteiger partial charge in [0.25, 0.3) is 0 Å². The van der Waals surface area contributed by atoms with Gasteiger partial charge in [0, 0.05) is 38.8 Å². The Hall–Kier alpha value is -2.34. The van der Waals surface area contributed by atoms with E-state index in [-0.39, 0.29) is 36.7 Å². The van der Waals surface area contributed by atoms with E-state index in [9.17, 15) is 31.2 Å². The van der Waals surface area contributed by atoms with Gasteiger partial charge in [0.2, 0.25) is 15.9 Å². The van der Waals surface area contributed by atoms with Gasteiger partial charge in [0.05, 0.1) is 4.90 Å². The molecule has 1 aromatic carbocycles. The lowest BCUT2D eigenvalue weighted by atomic mass is 9.95. The Morgan fingerprint density at radius 3 is 2.29 bits per heavy atom. The van der Waals surface area contributed by atoms with E-state index >= 15 is 0 Å². The van der Waals surface area contributed by atoms with Gasteiger partial charge in [-0.1, -0.05) is 0 Å². The minimum absolute atomic E-state index is 0.0538. The number of piperidine rings is 1. The van der Waals surface area contributed by atoms with Crippen LogP contribution >= 0.6 is 0 Å². The first-order valence-electron chi connectivity index (χ1n) is 9.55. The largest absolute Gasteiger partial charge is 0.440 e. The summed E-state index contributed by atoms with van der Waals surface area (Å²) in [6.07, 6.45) is -5.16. The van der Waals surface area contributed by atoms with Gasteiger partial charge in [-0.05, 0) is 49.9 Å². The zero-order chi connectivity index (χ0) is 23.6. The zero-order valence-corrected chi connectivity index (χ0v) is 18.6. The fraction of sp³-hybridized carbons (Fsp3) is 0.579. The van der Waals surface area contributed by atoms with Crippen molar-refractivity contribution in [1.82, 2.24) is 9.21 Å². The maximum atomic E-state index is 12.7. The van der Waals surface area contributed by atoms with Crippen molar-refractivity contribution in [2.24, 2.45) is 5.92 Å². The van der Waals surface area contributed by atoms with E-state index < -0.39 is 34.8 Å². The van der Waals surface area contributed by atoms with Crippen LogP contribution in [-0.4, -0.2) is 69.6 Å². The van der Waals surface area contributed by atoms with Crippen molar-refractivity contribution < 1.29 is 35.9 Å². The standard InChI is InChI=1S/C19H26F3N3O5S/c1-12-9-15(31(28,29)24(3)4)10-16(13(12)2)23-17(26)14-5-7-25(8-6-14)18(27)30-11-19(20,21)22/h9-10,14H,5-8,11H2,1-4H3,(H,23,26). The van der Waals surface area contributed by atoms with E-state index in [4.69, 9.17) is 0 Å². The summed E-state index contributed by atoms with van der Waals surface area (Å²) in [5, 5.41) is 2.76. The summed E-state index contributed by atoms with van der Waals surface area (Å²) in [5.74, 6) is -0.814. The molecule has 0 atom stereocenters. The molecule has 0 bridgehead atoms. The second kappa shape index (κ2) is 9.43. The Balaban J connectivity index is 2.04. The average Bonchev–Trinajstić information content (AvgIpc) is 2.68. The number of hydrogen-bond donors (Lipinski definition) is 1. The number of ether oxygens (including phenoxy) is 1. The minimum atomic E-state index is -4.60. The van der Waals surface area contributed by atoms with Gasteiger partial charge in [-0.2, -0.15) is 13.2 Å². The smallest absolute Gasteiger partial charge is 0.422 e. The van der Waals surface area contributed by atoms with Gasteiger partial charge < -0.3 is 15.0 Å². The third-order valence-electron chi connectivity index (χ3n) is 5.16. The molecule has 1 heterocycles. The molecule has 1 aliphatic heterocycles. The highest BCUT2D eigenvalue weighted by molar-refractivity contribution is 7.89. The van der Waals surface area contributed by atoms with Gasteiger partial charge in [-0.25, -0.2) is 17.5 Å². The fourth-order valence-electron chi connectivity index (χ4n) is 3.11. The van der Waals surface area contributed by atoms with Crippen molar-refractivity contribution in [1.29, 1.82) is 0 Å². The Kier molecular flexibility index (Phi) is 7.58. The van der Waals surface area contributed by atoms with Gasteiger partial charge in [-0.3, -0.25) is 4.79 Å². The van der Waals surface area contributed by atoms with Crippen LogP contribution in [0.15, 0.2) is 17.0 Å². The fourth-order valence-corrected chi connectivity index (χ4v) is 4.12. The van der Waals surface area contributed by atoms with E-state index in [1.54, 1.807) is 13.8 Å². The Morgan fingerprint density at radius 1 is 1.19 bits per heavy atom. The molecule has 1 aromatic rings. The summed E-state index contributed by atoms with van der Waals surface area (Å²) in [4.78, 5) is 25.6. The predicted molar refractivity (Wildman–Crippen MR) is 107 cm³/mol. The molecule has 0 saturated carbocycles. The van der Waals surface area contributed by atoms with Crippen LogP contribution in [-0.2, 0) is 19.6 Å². The maximum Gasteiger partial charge on any atom is 0.422 e. The van der Waals surface area contributed by atoms with Crippen LogP contribution in [0.2, 0.25) is 0 Å². The molecule has 0 aromatic heterocycles. The molecular formula is C19H26F3N3O5S. The molecule has 31 heavy (non-hydrogen) atoms. The van der Waals surface area contributed by atoms with Crippen molar-refractivity contribution in [3.05, 3.63) is 23.3 Å². The van der Waals surface area contributed by atoms with E-state index in [1.165, 1.54) is 26.2 Å². The van der Waals surface area contributed by atoms with Gasteiger partial charge in [-0.15, -0.1) is 0 Å². The van der Waals surface area contributed by atoms with Crippen LogP contribution in [0, 0.1) is 19.8 Å². The molecular weight excluding hydrogens is 439 g/mol. The highest BCUT2D eigenvalue weighted by atomic mass is 32.2. The van der Waals surface area contributed by atoms with Crippen molar-refractivity contribution in [3.8, 4) is 0 Å². The first kappa shape index (κ1) is 24.9. The number of anilines is 1. The van der Waals surface area contributed by atoms with Gasteiger partial charge in [0.15, 0.2) is 6.61 Å². The molecule has 1 N–H and O–H groups in total. The summed E-state index contributed by atoms with van der Waals surface area (Å²) < 4.78 is 66.7. The number of likely N-dealkylation sites (tertiary alicyclic amines) is 1. The second-order valence-electron chi connectivity index (χ2n) is 7.62. The van der Waals surface area contributed by atoms with Crippen molar-refractivity contribution >= 4 is 27.7 Å². The number of carbonyl (C=O) groups is 2. The average molecular weight is 465 g/mol. The van der Waals surface area contributed by atoms with Crippen LogP contribution in [0.1, 0.15) is 24.0 Å². The summed E-state index contributed by atoms with van der Waals surface area (Å²) in [5.41, 5.74) is 1.79. The SMILES string of the molecule is Cc1cc(S(=O)(=O)N(C)C)cc(NC(=O)C2CCN(C(=O)OCC(F)(F)F)CC2)c1C. The molecule has 8 nitrogen and oxygen atoms in total. The lowest BCUT2D eigenvalue weighted by Gasteiger charge is -2.31. The Morgan fingerprint density at radius 2 is 1.77 bits per heavy atom. The number of alkyl halides is 3. The first-order chi connectivity index (χ1) is 14.2. The topological polar surface area (TPSA) is 96.0 Å². The van der Waals surface area contributed by atoms with Crippen molar-refractivity contribution in [3.63, 3.8) is 0 Å². The van der Waals surface area contributed by atoms with Crippen LogP contribution in [0.3, 0.4) is 0 Å². The second-order valence-corrected chi connectivity index (χ2v) is 9.77. The highest BCUT2D eigenvalue weighted by Crippen LogP contribution is 2.27. The molecule has 0 spiro atoms. The van der Waals surface area contributed by atoms with Crippen LogP contribution in [0.25, 0.3) is 0 Å². The van der Waals surface area contributed by atoms with E-state index in [0.29, 0.717) is 11.3 Å². The highest BCUT2D eigenvalue weighted by Gasteiger charge is 2.33. The number of halogens is 3. The zero-order valence-electron chi connectivity index (χ0n) is 17.7. The molecule has 0 aliphatic carbocycles. The number of carbonyl (C=O) groups excluding carboxylic acids is 2. The van der Waals surface area contributed by atoms with E-state index in [2.05, 4.69) is 10.1 Å². The number of aryl methyl sites for hydroxylation is 1. The third kappa shape index (κ3) is 6.33. The summed E-state index contributed by atoms with van der Waals surface area (Å²) in [6.45, 7) is 2.02. The van der Waals surface area contributed by atoms with Crippen molar-refractivity contribution in [2.75, 3.05) is 39.1 Å². The molecule has 1 aliphatic rings. The molecule has 1 fully saturated rings. The quantitative estimate of drug-likeness (QED) is 0.722. The summed E-state index contributed by atoms with van der Waals surface area (Å²) in [7, 11) is -0.862. The summed E-state index contributed by atoms with van der Waals surface area (Å²) >= 11 is 0. The Bertz CT molecular complexity index is 940. The summed E-state index contributed by atoms with van der Waals surface area (Å²) in [6, 6.07) is 2.94. The molecule has 2 rings (SSSR count). The first-order valence-corrected chi connectivity index (χ1v) is 11.0. The molecule has 0 unspecified atom stereocenters. The number of amides is 2. The van der Waals surface area contributed by atoms with Gasteiger partial charge >= 0.3 is 12.3 Å². The Labute approximate surface area is 179 Å². The van der Waals surface area contributed by atoms with Gasteiger partial charge in [0.1, 0.15) is 0 Å². The lowest BCUT2D eigenvalue weighted by Crippen LogP contribution is -2.42. The number of rotatable bonds is 5. The van der Waals surface area contributed by atoms with Crippen molar-refractivity contribution in [2.45, 2.75) is 37.8 Å². The lowest BCUT2D eigenvalue weighted by molar-refractivity contribution is -0.162. The predicted octanol–water partition coefficient (Wildman–Crippen LogP) is 2.90. The molecule has 0 radical (unpaired) electrons. The van der Waals surface area contributed by atoms with Crippen LogP contribution < -0.4 is 5.32 Å². The number of nitrogens with one attached hydrogen (secondary N) is 1. The molecule has 12 heteroatoms. The molecule has 174 valence electrons. The number of hydrogen-bond acceptors (Lipinski definition) is 5. The van der Waals surface area contributed by atoms with Crippen LogP contribution in [0.4, 0.5) is 23.7 Å². The molecule has 1 saturated heterocycles. The van der Waals surface area contributed by atoms with Crippen LogP contribution in [0.5, 0.6) is 0 Å². The minimum Gasteiger partial charge on any atom is -0.440 e. The maximum absolute atomic E-state index is 12.7. The number of nitrogens with zero attached hydrogens (tertiary/aromatic N) is 2.